The van der Waals surface area contributed by atoms with E-state index < -0.39 is 26.3 Å². The Labute approximate surface area is 248 Å². The second-order valence-electron chi connectivity index (χ2n) is 9.30. The third-order valence-electron chi connectivity index (χ3n) is 7.21. The number of nitrogens with zero attached hydrogens (tertiary/aromatic N) is 2. The second kappa shape index (κ2) is 10.9. The smallest absolute Gasteiger partial charge is 0.322 e. The van der Waals surface area contributed by atoms with E-state index in [0.29, 0.717) is 15.6 Å². The first kappa shape index (κ1) is 29.7. The SMILES string of the molecule is CCOc1cc(Cl)c(S(=O)(=O)CC)cc1C1=N[C@@](C)(c2ccc(Cl)cc2)[C@@](C)(c2ccc(Cl)cc2)N1C(=O)Cl. The van der Waals surface area contributed by atoms with Crippen molar-refractivity contribution in [2.45, 2.75) is 43.7 Å². The lowest BCUT2D eigenvalue weighted by Crippen LogP contribution is -2.53. The normalized spacial score (nSPS) is 21.1. The lowest BCUT2D eigenvalue weighted by molar-refractivity contribution is 0.149. The molecule has 206 valence electrons. The summed E-state index contributed by atoms with van der Waals surface area (Å²) in [6.07, 6.45) is 0. The molecular weight excluding hydrogens is 602 g/mol. The predicted octanol–water partition coefficient (Wildman–Crippen LogP) is 8.09. The van der Waals surface area contributed by atoms with Crippen LogP contribution in [0.4, 0.5) is 4.79 Å². The maximum Gasteiger partial charge on any atom is 0.322 e. The maximum atomic E-state index is 13.3. The van der Waals surface area contributed by atoms with Gasteiger partial charge in [0.1, 0.15) is 22.7 Å². The molecule has 1 aliphatic heterocycles. The highest BCUT2D eigenvalue weighted by molar-refractivity contribution is 7.91. The van der Waals surface area contributed by atoms with Crippen LogP contribution in [0.1, 0.15) is 44.4 Å². The number of halogens is 4. The molecule has 6 nitrogen and oxygen atoms in total. The summed E-state index contributed by atoms with van der Waals surface area (Å²) in [6.45, 7) is 7.30. The van der Waals surface area contributed by atoms with Gasteiger partial charge in [-0.15, -0.1) is 0 Å². The Morgan fingerprint density at radius 2 is 1.46 bits per heavy atom. The molecule has 39 heavy (non-hydrogen) atoms. The molecule has 4 rings (SSSR count). The standard InChI is InChI=1S/C28H26Cl4N2O4S/c1-5-38-23-16-22(31)24(39(36,37)6-2)15-21(23)25-33-27(3,17-7-11-19(29)12-8-17)28(4,34(25)26(32)35)18-9-13-20(30)14-10-18/h7-16H,5-6H2,1-4H3/t27-,28+/m0/s1. The minimum atomic E-state index is -3.73. The Hall–Kier alpha value is -2.29. The third kappa shape index (κ3) is 5.04. The molecule has 0 spiro atoms. The average molecular weight is 628 g/mol. The molecule has 1 aliphatic rings. The molecule has 0 fully saturated rings. The summed E-state index contributed by atoms with van der Waals surface area (Å²) < 4.78 is 31.7. The highest BCUT2D eigenvalue weighted by Gasteiger charge is 2.59. The molecule has 2 atom stereocenters. The molecule has 0 aromatic heterocycles. The minimum absolute atomic E-state index is 0.00678. The number of ether oxygens (including phenoxy) is 1. The molecule has 0 bridgehead atoms. The van der Waals surface area contributed by atoms with Crippen molar-refractivity contribution in [1.82, 2.24) is 4.90 Å². The topological polar surface area (TPSA) is 76.0 Å². The van der Waals surface area contributed by atoms with Gasteiger partial charge in [-0.2, -0.15) is 0 Å². The fraction of sp³-hybridized carbons (Fsp3) is 0.286. The van der Waals surface area contributed by atoms with Crippen molar-refractivity contribution in [2.75, 3.05) is 12.4 Å². The van der Waals surface area contributed by atoms with Crippen LogP contribution in [0.5, 0.6) is 5.75 Å². The zero-order valence-corrected chi connectivity index (χ0v) is 25.5. The maximum absolute atomic E-state index is 13.3. The molecule has 3 aromatic rings. The van der Waals surface area contributed by atoms with Crippen LogP contribution in [-0.4, -0.2) is 36.9 Å². The van der Waals surface area contributed by atoms with Gasteiger partial charge in [0.15, 0.2) is 9.84 Å². The van der Waals surface area contributed by atoms with Gasteiger partial charge in [0, 0.05) is 16.1 Å². The second-order valence-corrected chi connectivity index (χ2v) is 13.1. The third-order valence-corrected chi connectivity index (χ3v) is 10.1. The zero-order chi connectivity index (χ0) is 28.8. The molecule has 1 heterocycles. The summed E-state index contributed by atoms with van der Waals surface area (Å²) in [5.74, 6) is 0.228. The minimum Gasteiger partial charge on any atom is -0.493 e. The summed E-state index contributed by atoms with van der Waals surface area (Å²) in [4.78, 5) is 19.7. The van der Waals surface area contributed by atoms with E-state index in [1.54, 1.807) is 43.3 Å². The predicted molar refractivity (Wildman–Crippen MR) is 158 cm³/mol. The van der Waals surface area contributed by atoms with E-state index in [0.717, 1.165) is 5.56 Å². The number of rotatable bonds is 7. The Balaban J connectivity index is 2.11. The molecule has 0 saturated heterocycles. The number of benzene rings is 3. The first-order valence-electron chi connectivity index (χ1n) is 12.1. The number of carbonyl (C=O) groups is 1. The monoisotopic (exact) mass is 626 g/mol. The number of hydrogen-bond donors (Lipinski definition) is 0. The van der Waals surface area contributed by atoms with Gasteiger partial charge in [-0.1, -0.05) is 66.0 Å². The van der Waals surface area contributed by atoms with Crippen molar-refractivity contribution in [3.05, 3.63) is 92.4 Å². The molecule has 0 N–H and O–H groups in total. The van der Waals surface area contributed by atoms with E-state index in [4.69, 9.17) is 56.1 Å². The van der Waals surface area contributed by atoms with Gasteiger partial charge in [-0.25, -0.2) is 8.42 Å². The van der Waals surface area contributed by atoms with Gasteiger partial charge in [-0.3, -0.25) is 14.7 Å². The van der Waals surface area contributed by atoms with E-state index in [1.165, 1.54) is 24.0 Å². The molecule has 0 unspecified atom stereocenters. The summed E-state index contributed by atoms with van der Waals surface area (Å²) in [7, 11) is -3.73. The molecule has 1 amide bonds. The van der Waals surface area contributed by atoms with E-state index in [1.807, 2.05) is 26.0 Å². The van der Waals surface area contributed by atoms with Gasteiger partial charge < -0.3 is 4.74 Å². The Bertz CT molecular complexity index is 1560. The molecule has 0 aliphatic carbocycles. The Kier molecular flexibility index (Phi) is 8.33. The lowest BCUT2D eigenvalue weighted by atomic mass is 9.71. The highest BCUT2D eigenvalue weighted by Crippen LogP contribution is 2.54. The quantitative estimate of drug-likeness (QED) is 0.196. The van der Waals surface area contributed by atoms with Crippen LogP contribution < -0.4 is 4.74 Å². The van der Waals surface area contributed by atoms with Crippen LogP contribution >= 0.6 is 46.4 Å². The highest BCUT2D eigenvalue weighted by atomic mass is 35.5. The summed E-state index contributed by atoms with van der Waals surface area (Å²) >= 11 is 25.1. The van der Waals surface area contributed by atoms with Crippen molar-refractivity contribution in [3.63, 3.8) is 0 Å². The first-order valence-corrected chi connectivity index (χ1v) is 15.3. The van der Waals surface area contributed by atoms with Crippen LogP contribution in [0.15, 0.2) is 70.6 Å². The zero-order valence-electron chi connectivity index (χ0n) is 21.6. The fourth-order valence-electron chi connectivity index (χ4n) is 4.92. The number of carbonyl (C=O) groups excluding carboxylic acids is 1. The summed E-state index contributed by atoms with van der Waals surface area (Å²) in [6, 6.07) is 17.0. The van der Waals surface area contributed by atoms with E-state index >= 15 is 0 Å². The molecule has 3 aromatic carbocycles. The number of amides is 1. The van der Waals surface area contributed by atoms with Crippen LogP contribution in [0.25, 0.3) is 0 Å². The van der Waals surface area contributed by atoms with Gasteiger partial charge >= 0.3 is 5.37 Å². The Morgan fingerprint density at radius 3 is 1.95 bits per heavy atom. The van der Waals surface area contributed by atoms with Gasteiger partial charge in [0.05, 0.1) is 27.8 Å². The van der Waals surface area contributed by atoms with Crippen molar-refractivity contribution >= 4 is 67.4 Å². The largest absolute Gasteiger partial charge is 0.493 e. The van der Waals surface area contributed by atoms with Gasteiger partial charge in [0.2, 0.25) is 0 Å². The first-order chi connectivity index (χ1) is 18.3. The molecule has 0 radical (unpaired) electrons. The van der Waals surface area contributed by atoms with Crippen LogP contribution in [0.2, 0.25) is 15.1 Å². The van der Waals surface area contributed by atoms with Crippen molar-refractivity contribution in [3.8, 4) is 5.75 Å². The number of hydrogen-bond acceptors (Lipinski definition) is 5. The molecule has 0 saturated carbocycles. The van der Waals surface area contributed by atoms with Crippen molar-refractivity contribution in [2.24, 2.45) is 4.99 Å². The summed E-state index contributed by atoms with van der Waals surface area (Å²) in [5.41, 5.74) is -0.591. The van der Waals surface area contributed by atoms with E-state index in [-0.39, 0.29) is 39.4 Å². The average Bonchev–Trinajstić information content (AvgIpc) is 3.13. The Morgan fingerprint density at radius 1 is 0.923 bits per heavy atom. The van der Waals surface area contributed by atoms with E-state index in [2.05, 4.69) is 0 Å². The lowest BCUT2D eigenvalue weighted by Gasteiger charge is -2.44. The van der Waals surface area contributed by atoms with Crippen LogP contribution in [-0.2, 0) is 20.9 Å². The fourth-order valence-corrected chi connectivity index (χ4v) is 6.89. The number of aliphatic imine (C=N–C) groups is 1. The summed E-state index contributed by atoms with van der Waals surface area (Å²) in [5, 5.41) is 0.242. The molecular formula is C28H26Cl4N2O4S. The number of sulfone groups is 1. The van der Waals surface area contributed by atoms with Crippen molar-refractivity contribution < 1.29 is 17.9 Å². The number of amidine groups is 1. The van der Waals surface area contributed by atoms with Crippen molar-refractivity contribution in [1.29, 1.82) is 0 Å². The van der Waals surface area contributed by atoms with Gasteiger partial charge in [0.25, 0.3) is 0 Å². The van der Waals surface area contributed by atoms with Crippen LogP contribution in [0.3, 0.4) is 0 Å². The van der Waals surface area contributed by atoms with E-state index in [9.17, 15) is 13.2 Å². The van der Waals surface area contributed by atoms with Gasteiger partial charge in [-0.05, 0) is 73.8 Å². The molecule has 11 heteroatoms. The van der Waals surface area contributed by atoms with Crippen LogP contribution in [0, 0.1) is 0 Å².